The molecule has 0 aliphatic heterocycles. The normalized spacial score (nSPS) is 24.9. The van der Waals surface area contributed by atoms with E-state index >= 15 is 0 Å². The third-order valence-electron chi connectivity index (χ3n) is 9.27. The fraction of sp³-hybridized carbons (Fsp3) is 0.323. The minimum absolute atomic E-state index is 0.180. The number of amides is 2. The summed E-state index contributed by atoms with van der Waals surface area (Å²) in [6.07, 6.45) is 11.4. The van der Waals surface area contributed by atoms with Crippen LogP contribution in [0.15, 0.2) is 60.9 Å². The van der Waals surface area contributed by atoms with Gasteiger partial charge in [0, 0.05) is 22.7 Å². The number of hydrogen-bond donors (Lipinski definition) is 4. The average molecular weight is 532 g/mol. The Balaban J connectivity index is 1.01. The Kier molecular flexibility index (Phi) is 5.11. The second-order valence-corrected chi connectivity index (χ2v) is 12.0. The second kappa shape index (κ2) is 8.74. The molecule has 5 aromatic rings. The topological polar surface area (TPSA) is 128 Å². The molecule has 2 amide bonds. The molecule has 3 heterocycles. The number of nitrogens with one attached hydrogen (secondary N) is 4. The maximum Gasteiger partial charge on any atom is 0.276 e. The summed E-state index contributed by atoms with van der Waals surface area (Å²) in [5.41, 5.74) is 3.13. The molecule has 4 saturated carbocycles. The number of nitrogens with zero attached hydrogens (tertiary/aromatic N) is 3. The monoisotopic (exact) mass is 531 g/mol. The zero-order chi connectivity index (χ0) is 26.8. The number of para-hydroxylation sites is 1. The molecule has 0 radical (unpaired) electrons. The molecule has 0 saturated heterocycles. The summed E-state index contributed by atoms with van der Waals surface area (Å²) in [7, 11) is 0. The van der Waals surface area contributed by atoms with E-state index in [1.165, 1.54) is 38.5 Å². The predicted molar refractivity (Wildman–Crippen MR) is 152 cm³/mol. The summed E-state index contributed by atoms with van der Waals surface area (Å²) in [6, 6.07) is 14.8. The molecular formula is C31H29N7O2. The van der Waals surface area contributed by atoms with Gasteiger partial charge in [-0.25, -0.2) is 9.97 Å². The van der Waals surface area contributed by atoms with Crippen molar-refractivity contribution in [3.05, 3.63) is 77.9 Å². The molecule has 9 rings (SSSR count). The maximum absolute atomic E-state index is 13.3. The lowest BCUT2D eigenvalue weighted by atomic mass is 9.49. The van der Waals surface area contributed by atoms with Gasteiger partial charge >= 0.3 is 0 Å². The minimum atomic E-state index is -0.386. The highest BCUT2D eigenvalue weighted by Gasteiger charge is 2.52. The molecule has 0 spiro atoms. The number of imidazole rings is 2. The van der Waals surface area contributed by atoms with Crippen molar-refractivity contribution in [3.8, 4) is 0 Å². The summed E-state index contributed by atoms with van der Waals surface area (Å²) < 4.78 is 0. The first kappa shape index (κ1) is 23.4. The van der Waals surface area contributed by atoms with Gasteiger partial charge in [-0.1, -0.05) is 30.3 Å². The SMILES string of the molecule is O=C(Nc1nc2c(C(=O)Nc3ncc(C45CC6CC(CC(C6)C4)C5)[nH]3)cccc2[nH]1)c1cc2ccccc2cn1. The van der Waals surface area contributed by atoms with Crippen molar-refractivity contribution in [2.24, 2.45) is 17.8 Å². The number of hydrogen-bond acceptors (Lipinski definition) is 5. The van der Waals surface area contributed by atoms with Crippen molar-refractivity contribution in [2.45, 2.75) is 43.9 Å². The zero-order valence-electron chi connectivity index (χ0n) is 21.9. The van der Waals surface area contributed by atoms with Gasteiger partial charge in [-0.2, -0.15) is 0 Å². The van der Waals surface area contributed by atoms with Crippen LogP contribution in [0.2, 0.25) is 0 Å². The van der Waals surface area contributed by atoms with E-state index in [2.05, 4.69) is 35.6 Å². The number of rotatable bonds is 5. The van der Waals surface area contributed by atoms with Crippen molar-refractivity contribution in [1.82, 2.24) is 24.9 Å². The van der Waals surface area contributed by atoms with Gasteiger partial charge in [0.1, 0.15) is 11.2 Å². The van der Waals surface area contributed by atoms with Crippen molar-refractivity contribution in [3.63, 3.8) is 0 Å². The van der Waals surface area contributed by atoms with Gasteiger partial charge in [-0.15, -0.1) is 0 Å². The van der Waals surface area contributed by atoms with Crippen molar-refractivity contribution >= 4 is 45.5 Å². The smallest absolute Gasteiger partial charge is 0.276 e. The molecule has 0 unspecified atom stereocenters. The van der Waals surface area contributed by atoms with Crippen LogP contribution in [0.3, 0.4) is 0 Å². The molecule has 9 nitrogen and oxygen atoms in total. The number of anilines is 2. The highest BCUT2D eigenvalue weighted by molar-refractivity contribution is 6.11. The number of carbonyl (C=O) groups excluding carboxylic acids is 2. The number of fused-ring (bicyclic) bond motifs is 2. The van der Waals surface area contributed by atoms with E-state index < -0.39 is 0 Å². The van der Waals surface area contributed by atoms with E-state index in [-0.39, 0.29) is 28.9 Å². The summed E-state index contributed by atoms with van der Waals surface area (Å²) in [5.74, 6) is 2.50. The van der Waals surface area contributed by atoms with E-state index in [1.807, 2.05) is 36.5 Å². The fourth-order valence-electron chi connectivity index (χ4n) is 7.92. The van der Waals surface area contributed by atoms with Gasteiger partial charge in [-0.05, 0) is 79.9 Å². The van der Waals surface area contributed by atoms with Crippen LogP contribution in [0, 0.1) is 17.8 Å². The predicted octanol–water partition coefficient (Wildman–Crippen LogP) is 5.81. The molecule has 9 heteroatoms. The number of carbonyl (C=O) groups is 2. The Bertz CT molecular complexity index is 1770. The Morgan fingerprint density at radius 2 is 1.50 bits per heavy atom. The van der Waals surface area contributed by atoms with Crippen LogP contribution in [0.25, 0.3) is 21.8 Å². The molecule has 4 aliphatic rings. The molecule has 2 aromatic carbocycles. The molecule has 3 aromatic heterocycles. The summed E-state index contributed by atoms with van der Waals surface area (Å²) in [4.78, 5) is 46.1. The van der Waals surface area contributed by atoms with Gasteiger partial charge < -0.3 is 9.97 Å². The van der Waals surface area contributed by atoms with Gasteiger partial charge in [0.05, 0.1) is 17.3 Å². The molecule has 4 bridgehead atoms. The quantitative estimate of drug-likeness (QED) is 0.228. The largest absolute Gasteiger partial charge is 0.327 e. The van der Waals surface area contributed by atoms with Crippen LogP contribution < -0.4 is 10.6 Å². The first-order valence-electron chi connectivity index (χ1n) is 14.0. The summed E-state index contributed by atoms with van der Waals surface area (Å²) >= 11 is 0. The Morgan fingerprint density at radius 3 is 2.27 bits per heavy atom. The van der Waals surface area contributed by atoms with Crippen LogP contribution in [0.5, 0.6) is 0 Å². The lowest BCUT2D eigenvalue weighted by molar-refractivity contribution is -0.00699. The highest BCUT2D eigenvalue weighted by Crippen LogP contribution is 2.60. The summed E-state index contributed by atoms with van der Waals surface area (Å²) in [5, 5.41) is 7.60. The van der Waals surface area contributed by atoms with Crippen LogP contribution in [-0.4, -0.2) is 36.7 Å². The van der Waals surface area contributed by atoms with E-state index in [4.69, 9.17) is 0 Å². The first-order valence-corrected chi connectivity index (χ1v) is 14.0. The first-order chi connectivity index (χ1) is 19.5. The van der Waals surface area contributed by atoms with E-state index in [9.17, 15) is 9.59 Å². The Labute approximate surface area is 230 Å². The number of H-pyrrole nitrogens is 2. The molecule has 40 heavy (non-hydrogen) atoms. The molecule has 4 aliphatic carbocycles. The third kappa shape index (κ3) is 3.87. The van der Waals surface area contributed by atoms with Gasteiger partial charge in [0.25, 0.3) is 11.8 Å². The average Bonchev–Trinajstić information content (AvgIpc) is 3.59. The standard InChI is InChI=1S/C31H29N7O2/c39-27(37-29-33-16-25(35-29)31-12-17-8-18(13-31)10-19(9-17)14-31)22-6-3-7-23-26(22)36-30(34-23)38-28(40)24-11-20-4-1-2-5-21(20)15-32-24/h1-7,11,15-19H,8-10,12-14H2,(H2,33,35,37,39)(H2,34,36,38,40). The molecule has 4 N–H and O–H groups in total. The molecular weight excluding hydrogens is 502 g/mol. The highest BCUT2D eigenvalue weighted by atomic mass is 16.2. The number of benzene rings is 2. The van der Waals surface area contributed by atoms with Crippen LogP contribution in [0.4, 0.5) is 11.9 Å². The number of aromatic nitrogens is 5. The lowest BCUT2D eigenvalue weighted by Crippen LogP contribution is -2.48. The van der Waals surface area contributed by atoms with Crippen molar-refractivity contribution in [2.75, 3.05) is 10.6 Å². The lowest BCUT2D eigenvalue weighted by Gasteiger charge is -2.56. The summed E-state index contributed by atoms with van der Waals surface area (Å²) in [6.45, 7) is 0. The van der Waals surface area contributed by atoms with E-state index in [0.717, 1.165) is 34.2 Å². The van der Waals surface area contributed by atoms with Crippen LogP contribution in [0.1, 0.15) is 65.1 Å². The van der Waals surface area contributed by atoms with E-state index in [0.29, 0.717) is 22.5 Å². The molecule has 4 fully saturated rings. The third-order valence-corrected chi connectivity index (χ3v) is 9.27. The molecule has 200 valence electrons. The number of aromatic amines is 2. The van der Waals surface area contributed by atoms with Crippen molar-refractivity contribution < 1.29 is 9.59 Å². The maximum atomic E-state index is 13.3. The second-order valence-electron chi connectivity index (χ2n) is 12.0. The van der Waals surface area contributed by atoms with E-state index in [1.54, 1.807) is 24.4 Å². The Morgan fingerprint density at radius 1 is 0.775 bits per heavy atom. The number of pyridine rings is 1. The van der Waals surface area contributed by atoms with Gasteiger partial charge in [-0.3, -0.25) is 25.2 Å². The van der Waals surface area contributed by atoms with Crippen LogP contribution >= 0.6 is 0 Å². The Hall–Kier alpha value is -4.53. The molecule has 0 atom stereocenters. The minimum Gasteiger partial charge on any atom is -0.327 e. The van der Waals surface area contributed by atoms with Crippen LogP contribution in [-0.2, 0) is 5.41 Å². The van der Waals surface area contributed by atoms with Gasteiger partial charge in [0.15, 0.2) is 0 Å². The zero-order valence-corrected chi connectivity index (χ0v) is 21.9. The van der Waals surface area contributed by atoms with Crippen molar-refractivity contribution in [1.29, 1.82) is 0 Å². The van der Waals surface area contributed by atoms with Gasteiger partial charge in [0.2, 0.25) is 11.9 Å². The fourth-order valence-corrected chi connectivity index (χ4v) is 7.92.